The number of fused-ring (bicyclic) bond motifs is 2. The highest BCUT2D eigenvalue weighted by Crippen LogP contribution is 2.42. The summed E-state index contributed by atoms with van der Waals surface area (Å²) < 4.78 is 25.0. The quantitative estimate of drug-likeness (QED) is 0.572. The Morgan fingerprint density at radius 3 is 2.67 bits per heavy atom. The topological polar surface area (TPSA) is 135 Å². The average molecular weight is 432 g/mol. The van der Waals surface area contributed by atoms with Crippen molar-refractivity contribution in [3.63, 3.8) is 0 Å². The van der Waals surface area contributed by atoms with Gasteiger partial charge in [-0.3, -0.25) is 0 Å². The molecule has 0 bridgehead atoms. The van der Waals surface area contributed by atoms with Crippen LogP contribution in [0.4, 0.5) is 10.6 Å². The second-order valence-electron chi connectivity index (χ2n) is 9.07. The van der Waals surface area contributed by atoms with Crippen molar-refractivity contribution in [2.75, 3.05) is 12.3 Å². The third-order valence-electron chi connectivity index (χ3n) is 6.20. The molecule has 0 spiro atoms. The molecule has 2 saturated heterocycles. The van der Waals surface area contributed by atoms with E-state index in [4.69, 9.17) is 24.4 Å². The number of nitrogens with two attached hydrogens (primary N) is 1. The van der Waals surface area contributed by atoms with E-state index in [0.29, 0.717) is 16.6 Å². The van der Waals surface area contributed by atoms with Gasteiger partial charge in [0.15, 0.2) is 26.8 Å². The van der Waals surface area contributed by atoms with Gasteiger partial charge in [0.1, 0.15) is 30.0 Å². The summed E-state index contributed by atoms with van der Waals surface area (Å²) in [7, 11) is -2.04. The molecule has 30 heavy (non-hydrogen) atoms. The fourth-order valence-corrected chi connectivity index (χ4v) is 4.49. The predicted octanol–water partition coefficient (Wildman–Crippen LogP) is 2.71. The number of ether oxygens (including phenoxy) is 3. The lowest BCUT2D eigenvalue weighted by Crippen LogP contribution is -2.44. The van der Waals surface area contributed by atoms with Gasteiger partial charge in [0.25, 0.3) is 0 Å². The summed E-state index contributed by atoms with van der Waals surface area (Å²) in [5, 5.41) is 9.97. The Balaban J connectivity index is 1.66. The number of anilines is 1. The number of nitriles is 1. The van der Waals surface area contributed by atoms with Crippen molar-refractivity contribution in [3.05, 3.63) is 18.1 Å². The largest absolute Gasteiger partial charge is 0.509 e. The van der Waals surface area contributed by atoms with Crippen molar-refractivity contribution < 1.29 is 23.4 Å². The fourth-order valence-electron chi connectivity index (χ4n) is 3.48. The number of carbonyl (C=O) groups excluding carboxylic acids is 1. The van der Waals surface area contributed by atoms with Crippen molar-refractivity contribution >= 4 is 31.3 Å². The predicted molar refractivity (Wildman–Crippen MR) is 109 cm³/mol. The zero-order valence-corrected chi connectivity index (χ0v) is 18.6. The fraction of sp³-hybridized carbons (Fsp3) is 0.579. The third kappa shape index (κ3) is 3.21. The molecule has 0 aliphatic carbocycles. The summed E-state index contributed by atoms with van der Waals surface area (Å²) in [5.41, 5.74) is 6.70. The highest BCUT2D eigenvalue weighted by molar-refractivity contribution is 6.74. The van der Waals surface area contributed by atoms with Crippen molar-refractivity contribution in [3.8, 4) is 6.07 Å². The molecule has 0 amide bonds. The van der Waals surface area contributed by atoms with Crippen molar-refractivity contribution in [1.82, 2.24) is 14.5 Å². The Morgan fingerprint density at radius 1 is 1.30 bits per heavy atom. The van der Waals surface area contributed by atoms with Crippen LogP contribution in [0.1, 0.15) is 32.6 Å². The van der Waals surface area contributed by atoms with E-state index in [-0.39, 0.29) is 17.5 Å². The monoisotopic (exact) mass is 431 g/mol. The molecule has 4 atom stereocenters. The van der Waals surface area contributed by atoms with E-state index in [0.717, 1.165) is 0 Å². The van der Waals surface area contributed by atoms with Crippen LogP contribution in [0.3, 0.4) is 0 Å². The molecule has 0 aromatic carbocycles. The normalized spacial score (nSPS) is 26.3. The standard InChI is InChI=1S/C19H25N5O5Si/c1-19(2,3)30(4,5)26-8-11-13-14(29-18(25)28-13)17(27-11)24-7-10(6-20)12-15(21)22-9-23-16(12)24/h7,9,11,13-14,17H,8H2,1-5H3,(H2,21,22,23)/t11-,13-,14-,17-/m1/s1. The van der Waals surface area contributed by atoms with E-state index in [1.54, 1.807) is 10.8 Å². The Hall–Kier alpha value is -2.68. The molecule has 4 heterocycles. The maximum Gasteiger partial charge on any atom is 0.509 e. The van der Waals surface area contributed by atoms with Crippen LogP contribution in [0.25, 0.3) is 11.0 Å². The first-order valence-corrected chi connectivity index (χ1v) is 12.6. The summed E-state index contributed by atoms with van der Waals surface area (Å²) >= 11 is 0. The van der Waals surface area contributed by atoms with Gasteiger partial charge in [-0.15, -0.1) is 0 Å². The van der Waals surface area contributed by atoms with E-state index in [1.807, 2.05) is 0 Å². The minimum atomic E-state index is -2.04. The van der Waals surface area contributed by atoms with Gasteiger partial charge in [-0.25, -0.2) is 14.8 Å². The molecule has 0 saturated carbocycles. The molecule has 2 aliphatic heterocycles. The summed E-state index contributed by atoms with van der Waals surface area (Å²) in [5.74, 6) is 0.197. The van der Waals surface area contributed by atoms with Crippen molar-refractivity contribution in [2.45, 2.75) is 63.4 Å². The maximum absolute atomic E-state index is 11.9. The van der Waals surface area contributed by atoms with E-state index in [2.05, 4.69) is 49.9 Å². The highest BCUT2D eigenvalue weighted by atomic mass is 28.4. The number of aromatic nitrogens is 3. The van der Waals surface area contributed by atoms with Crippen molar-refractivity contribution in [2.24, 2.45) is 0 Å². The SMILES string of the molecule is CC(C)(C)[Si](C)(C)OC[C@H]1O[C@@H](n2cc(C#N)c3c(N)ncnc32)[C@@H]2OC(=O)O[C@@H]21. The lowest BCUT2D eigenvalue weighted by atomic mass is 10.1. The zero-order valence-electron chi connectivity index (χ0n) is 17.6. The van der Waals surface area contributed by atoms with Crippen LogP contribution in [-0.4, -0.2) is 53.9 Å². The number of carbonyl (C=O) groups is 1. The Labute approximate surface area is 175 Å². The maximum atomic E-state index is 11.9. The van der Waals surface area contributed by atoms with Crippen LogP contribution in [0.15, 0.2) is 12.5 Å². The van der Waals surface area contributed by atoms with Gasteiger partial charge in [-0.2, -0.15) is 5.26 Å². The van der Waals surface area contributed by atoms with Crippen LogP contribution in [0, 0.1) is 11.3 Å². The molecule has 2 aromatic rings. The third-order valence-corrected chi connectivity index (χ3v) is 10.7. The van der Waals surface area contributed by atoms with E-state index < -0.39 is 39.0 Å². The number of hydrogen-bond acceptors (Lipinski definition) is 9. The van der Waals surface area contributed by atoms with Crippen LogP contribution < -0.4 is 5.73 Å². The lowest BCUT2D eigenvalue weighted by Gasteiger charge is -2.37. The molecular weight excluding hydrogens is 406 g/mol. The second kappa shape index (κ2) is 6.94. The van der Waals surface area contributed by atoms with Crippen molar-refractivity contribution in [1.29, 1.82) is 5.26 Å². The van der Waals surface area contributed by atoms with Gasteiger partial charge in [0, 0.05) is 6.20 Å². The van der Waals surface area contributed by atoms with E-state index >= 15 is 0 Å². The average Bonchev–Trinajstić information content (AvgIpc) is 3.31. The molecule has 2 fully saturated rings. The minimum Gasteiger partial charge on any atom is -0.424 e. The molecule has 0 unspecified atom stereocenters. The smallest absolute Gasteiger partial charge is 0.424 e. The van der Waals surface area contributed by atoms with E-state index in [9.17, 15) is 10.1 Å². The van der Waals surface area contributed by atoms with Crippen LogP contribution in [0.2, 0.25) is 18.1 Å². The number of nitrogen functional groups attached to an aromatic ring is 1. The number of hydrogen-bond donors (Lipinski definition) is 1. The summed E-state index contributed by atoms with van der Waals surface area (Å²) in [6.45, 7) is 11.0. The molecular formula is C19H25N5O5Si. The Morgan fingerprint density at radius 2 is 2.00 bits per heavy atom. The first-order valence-electron chi connectivity index (χ1n) is 9.71. The zero-order chi connectivity index (χ0) is 21.8. The van der Waals surface area contributed by atoms with Gasteiger partial charge in [-0.05, 0) is 18.1 Å². The van der Waals surface area contributed by atoms with Gasteiger partial charge in [0.05, 0.1) is 17.6 Å². The molecule has 2 aliphatic rings. The van der Waals surface area contributed by atoms with Gasteiger partial charge < -0.3 is 28.9 Å². The molecule has 10 nitrogen and oxygen atoms in total. The van der Waals surface area contributed by atoms with Crippen LogP contribution in [-0.2, 0) is 18.6 Å². The molecule has 0 radical (unpaired) electrons. The molecule has 4 rings (SSSR count). The summed E-state index contributed by atoms with van der Waals surface area (Å²) in [4.78, 5) is 20.1. The minimum absolute atomic E-state index is 0.0278. The lowest BCUT2D eigenvalue weighted by molar-refractivity contribution is -0.0684. The van der Waals surface area contributed by atoms with Gasteiger partial charge in [0.2, 0.25) is 0 Å². The second-order valence-corrected chi connectivity index (χ2v) is 13.9. The number of nitrogens with zero attached hydrogens (tertiary/aromatic N) is 4. The molecule has 11 heteroatoms. The van der Waals surface area contributed by atoms with Crippen LogP contribution >= 0.6 is 0 Å². The van der Waals surface area contributed by atoms with Crippen LogP contribution in [0.5, 0.6) is 0 Å². The molecule has 2 aromatic heterocycles. The molecule has 2 N–H and O–H groups in total. The summed E-state index contributed by atoms with van der Waals surface area (Å²) in [6, 6.07) is 2.10. The Kier molecular flexibility index (Phi) is 4.76. The molecule has 160 valence electrons. The first kappa shape index (κ1) is 20.6. The van der Waals surface area contributed by atoms with E-state index in [1.165, 1.54) is 6.33 Å². The highest BCUT2D eigenvalue weighted by Gasteiger charge is 2.56. The Bertz CT molecular complexity index is 1040. The van der Waals surface area contributed by atoms with Gasteiger partial charge >= 0.3 is 6.16 Å². The number of rotatable bonds is 4. The van der Waals surface area contributed by atoms with Gasteiger partial charge in [-0.1, -0.05) is 20.8 Å². The summed E-state index contributed by atoms with van der Waals surface area (Å²) in [6.07, 6.45) is -0.395. The first-order chi connectivity index (χ1) is 14.0.